The summed E-state index contributed by atoms with van der Waals surface area (Å²) in [7, 11) is -3.18. The smallest absolute Gasteiger partial charge is 0.281 e. The summed E-state index contributed by atoms with van der Waals surface area (Å²) in [6.45, 7) is 8.07. The van der Waals surface area contributed by atoms with Crippen LogP contribution in [0.25, 0.3) is 0 Å². The molecule has 0 aromatic carbocycles. The van der Waals surface area contributed by atoms with Crippen molar-refractivity contribution in [2.45, 2.75) is 45.6 Å². The summed E-state index contributed by atoms with van der Waals surface area (Å²) in [6.07, 6.45) is 3.96. The van der Waals surface area contributed by atoms with Crippen LogP contribution in [0.2, 0.25) is 0 Å². The van der Waals surface area contributed by atoms with Crippen LogP contribution >= 0.6 is 0 Å². The van der Waals surface area contributed by atoms with Crippen LogP contribution in [0.3, 0.4) is 0 Å². The van der Waals surface area contributed by atoms with Crippen LogP contribution in [-0.2, 0) is 10.2 Å². The molecule has 1 atom stereocenters. The van der Waals surface area contributed by atoms with E-state index < -0.39 is 10.2 Å². The predicted octanol–water partition coefficient (Wildman–Crippen LogP) is 1.04. The van der Waals surface area contributed by atoms with E-state index in [2.05, 4.69) is 19.2 Å². The van der Waals surface area contributed by atoms with E-state index in [9.17, 15) is 8.42 Å². The topological polar surface area (TPSA) is 52.7 Å². The first-order valence-corrected chi connectivity index (χ1v) is 8.94. The van der Waals surface area contributed by atoms with Gasteiger partial charge in [-0.3, -0.25) is 0 Å². The number of piperidine rings is 1. The van der Waals surface area contributed by atoms with E-state index in [1.54, 1.807) is 8.61 Å². The lowest BCUT2D eigenvalue weighted by molar-refractivity contribution is 0.224. The molecule has 2 heterocycles. The number of hydrogen-bond donors (Lipinski definition) is 1. The van der Waals surface area contributed by atoms with Gasteiger partial charge < -0.3 is 5.32 Å². The first-order chi connectivity index (χ1) is 9.05. The fraction of sp³-hybridized carbons (Fsp3) is 1.00. The fourth-order valence-corrected chi connectivity index (χ4v) is 4.90. The Morgan fingerprint density at radius 2 is 1.63 bits per heavy atom. The molecule has 2 rings (SSSR count). The zero-order chi connectivity index (χ0) is 13.9. The first-order valence-electron chi connectivity index (χ1n) is 7.54. The summed E-state index contributed by atoms with van der Waals surface area (Å²) < 4.78 is 28.2. The second-order valence-electron chi connectivity index (χ2n) is 5.70. The average molecular weight is 289 g/mol. The molecule has 2 saturated heterocycles. The number of hydrogen-bond acceptors (Lipinski definition) is 3. The van der Waals surface area contributed by atoms with Gasteiger partial charge in [-0.1, -0.05) is 6.92 Å². The lowest BCUT2D eigenvalue weighted by atomic mass is 9.91. The highest BCUT2D eigenvalue weighted by Gasteiger charge is 2.35. The molecule has 0 spiro atoms. The van der Waals surface area contributed by atoms with Crippen molar-refractivity contribution in [2.24, 2.45) is 5.92 Å². The van der Waals surface area contributed by atoms with Gasteiger partial charge in [0.1, 0.15) is 0 Å². The highest BCUT2D eigenvalue weighted by atomic mass is 32.2. The minimum Gasteiger partial charge on any atom is -0.314 e. The SMILES string of the molecule is CCNC(C)C1CCN(S(=O)(=O)N2CCCC2)CC1. The minimum atomic E-state index is -3.18. The summed E-state index contributed by atoms with van der Waals surface area (Å²) in [6, 6.07) is 0.488. The largest absolute Gasteiger partial charge is 0.314 e. The lowest BCUT2D eigenvalue weighted by Gasteiger charge is -2.36. The van der Waals surface area contributed by atoms with Crippen molar-refractivity contribution in [3.8, 4) is 0 Å². The highest BCUT2D eigenvalue weighted by molar-refractivity contribution is 7.86. The molecular weight excluding hydrogens is 262 g/mol. The molecule has 1 unspecified atom stereocenters. The van der Waals surface area contributed by atoms with Crippen LogP contribution in [-0.4, -0.2) is 55.8 Å². The molecule has 0 aromatic rings. The second kappa shape index (κ2) is 6.52. The fourth-order valence-electron chi connectivity index (χ4n) is 3.18. The molecule has 0 amide bonds. The van der Waals surface area contributed by atoms with Gasteiger partial charge >= 0.3 is 0 Å². The van der Waals surface area contributed by atoms with Gasteiger partial charge in [0.05, 0.1) is 0 Å². The Balaban J connectivity index is 1.88. The molecule has 2 aliphatic heterocycles. The van der Waals surface area contributed by atoms with Crippen LogP contribution in [0.5, 0.6) is 0 Å². The maximum absolute atomic E-state index is 12.4. The van der Waals surface area contributed by atoms with Gasteiger partial charge in [0.15, 0.2) is 0 Å². The van der Waals surface area contributed by atoms with Crippen molar-refractivity contribution in [2.75, 3.05) is 32.7 Å². The first kappa shape index (κ1) is 15.2. The van der Waals surface area contributed by atoms with E-state index in [4.69, 9.17) is 0 Å². The Morgan fingerprint density at radius 3 is 2.16 bits per heavy atom. The van der Waals surface area contributed by atoms with Gasteiger partial charge in [-0.2, -0.15) is 17.0 Å². The summed E-state index contributed by atoms with van der Waals surface area (Å²) in [5.74, 6) is 0.602. The second-order valence-corrected chi connectivity index (χ2v) is 7.63. The molecule has 6 heteroatoms. The molecule has 112 valence electrons. The van der Waals surface area contributed by atoms with Crippen molar-refractivity contribution in [3.05, 3.63) is 0 Å². The zero-order valence-corrected chi connectivity index (χ0v) is 13.0. The number of rotatable bonds is 5. The van der Waals surface area contributed by atoms with Crippen LogP contribution in [0.1, 0.15) is 39.5 Å². The van der Waals surface area contributed by atoms with Crippen molar-refractivity contribution in [3.63, 3.8) is 0 Å². The molecule has 1 N–H and O–H groups in total. The van der Waals surface area contributed by atoms with Crippen molar-refractivity contribution in [1.29, 1.82) is 0 Å². The Morgan fingerprint density at radius 1 is 1.11 bits per heavy atom. The standard InChI is InChI=1S/C13H27N3O2S/c1-3-14-12(2)13-6-10-16(11-7-13)19(17,18)15-8-4-5-9-15/h12-14H,3-11H2,1-2H3. The van der Waals surface area contributed by atoms with Gasteiger partial charge in [0, 0.05) is 32.2 Å². The third kappa shape index (κ3) is 3.48. The van der Waals surface area contributed by atoms with Gasteiger partial charge in [-0.15, -0.1) is 0 Å². The maximum Gasteiger partial charge on any atom is 0.281 e. The molecular formula is C13H27N3O2S. The summed E-state index contributed by atoms with van der Waals surface area (Å²) >= 11 is 0. The average Bonchev–Trinajstić information content (AvgIpc) is 2.94. The van der Waals surface area contributed by atoms with Crippen LogP contribution in [0.4, 0.5) is 0 Å². The number of nitrogens with one attached hydrogen (secondary N) is 1. The highest BCUT2D eigenvalue weighted by Crippen LogP contribution is 2.25. The van der Waals surface area contributed by atoms with Gasteiger partial charge in [-0.05, 0) is 45.1 Å². The van der Waals surface area contributed by atoms with Gasteiger partial charge in [-0.25, -0.2) is 0 Å². The van der Waals surface area contributed by atoms with Crippen molar-refractivity contribution >= 4 is 10.2 Å². The molecule has 2 aliphatic rings. The summed E-state index contributed by atoms with van der Waals surface area (Å²) in [5, 5.41) is 3.45. The van der Waals surface area contributed by atoms with Crippen LogP contribution in [0, 0.1) is 5.92 Å². The normalized spacial score (nSPS) is 25.8. The summed E-state index contributed by atoms with van der Waals surface area (Å²) in [5.41, 5.74) is 0. The Bertz CT molecular complexity index is 371. The van der Waals surface area contributed by atoms with E-state index in [0.29, 0.717) is 38.1 Å². The van der Waals surface area contributed by atoms with Crippen molar-refractivity contribution in [1.82, 2.24) is 13.9 Å². The maximum atomic E-state index is 12.4. The molecule has 2 fully saturated rings. The molecule has 0 aromatic heterocycles. The van der Waals surface area contributed by atoms with Crippen LogP contribution in [0.15, 0.2) is 0 Å². The zero-order valence-electron chi connectivity index (χ0n) is 12.1. The predicted molar refractivity (Wildman–Crippen MR) is 77.2 cm³/mol. The number of nitrogens with zero attached hydrogens (tertiary/aromatic N) is 2. The third-order valence-electron chi connectivity index (χ3n) is 4.45. The van der Waals surface area contributed by atoms with E-state index in [1.807, 2.05) is 0 Å². The van der Waals surface area contributed by atoms with E-state index in [0.717, 1.165) is 32.2 Å². The Labute approximate surface area is 117 Å². The van der Waals surface area contributed by atoms with E-state index >= 15 is 0 Å². The summed E-state index contributed by atoms with van der Waals surface area (Å²) in [4.78, 5) is 0. The van der Waals surface area contributed by atoms with Crippen molar-refractivity contribution < 1.29 is 8.42 Å². The van der Waals surface area contributed by atoms with Gasteiger partial charge in [0.25, 0.3) is 10.2 Å². The molecule has 0 aliphatic carbocycles. The molecule has 0 bridgehead atoms. The molecule has 5 nitrogen and oxygen atoms in total. The van der Waals surface area contributed by atoms with E-state index in [1.165, 1.54) is 0 Å². The molecule has 19 heavy (non-hydrogen) atoms. The minimum absolute atomic E-state index is 0.488. The Hall–Kier alpha value is -0.170. The monoisotopic (exact) mass is 289 g/mol. The Kier molecular flexibility index (Phi) is 5.22. The van der Waals surface area contributed by atoms with Gasteiger partial charge in [0.2, 0.25) is 0 Å². The molecule has 0 radical (unpaired) electrons. The molecule has 0 saturated carbocycles. The lowest BCUT2D eigenvalue weighted by Crippen LogP contribution is -2.48. The van der Waals surface area contributed by atoms with E-state index in [-0.39, 0.29) is 0 Å². The third-order valence-corrected chi connectivity index (χ3v) is 6.48. The van der Waals surface area contributed by atoms with Crippen LogP contribution < -0.4 is 5.32 Å². The quantitative estimate of drug-likeness (QED) is 0.823.